The second-order valence-electron chi connectivity index (χ2n) is 5.72. The van der Waals surface area contributed by atoms with Gasteiger partial charge >= 0.3 is 0 Å². The van der Waals surface area contributed by atoms with Gasteiger partial charge in [-0.25, -0.2) is 0 Å². The van der Waals surface area contributed by atoms with Crippen molar-refractivity contribution in [3.63, 3.8) is 0 Å². The molecule has 1 unspecified atom stereocenters. The molecule has 1 aliphatic rings. The third-order valence-corrected chi connectivity index (χ3v) is 4.18. The normalized spacial score (nSPS) is 16.4. The standard InChI is InChI=1S/C19H17N3O3/c1-25-17-9-5-3-7-15(17)21-19(24)14-10-18(23)22(12-14)16-8-4-2-6-13(16)11-20/h2-9,14H,10,12H2,1H3,(H,21,24). The number of benzene rings is 2. The number of ether oxygens (including phenoxy) is 1. The molecule has 0 spiro atoms. The number of nitriles is 1. The van der Waals surface area contributed by atoms with Gasteiger partial charge in [-0.2, -0.15) is 5.26 Å². The van der Waals surface area contributed by atoms with Crippen LogP contribution in [0.5, 0.6) is 5.75 Å². The molecule has 1 aliphatic heterocycles. The third kappa shape index (κ3) is 3.31. The van der Waals surface area contributed by atoms with E-state index in [2.05, 4.69) is 11.4 Å². The summed E-state index contributed by atoms with van der Waals surface area (Å²) in [6.07, 6.45) is 0.112. The van der Waals surface area contributed by atoms with E-state index < -0.39 is 5.92 Å². The zero-order valence-corrected chi connectivity index (χ0v) is 13.7. The maximum Gasteiger partial charge on any atom is 0.229 e. The van der Waals surface area contributed by atoms with Crippen molar-refractivity contribution >= 4 is 23.2 Å². The molecule has 0 saturated carbocycles. The van der Waals surface area contributed by atoms with Crippen LogP contribution in [0.2, 0.25) is 0 Å². The van der Waals surface area contributed by atoms with Gasteiger partial charge in [0.25, 0.3) is 0 Å². The number of carbonyl (C=O) groups excluding carboxylic acids is 2. The fourth-order valence-electron chi connectivity index (χ4n) is 2.90. The number of methoxy groups -OCH3 is 1. The number of anilines is 2. The molecule has 1 N–H and O–H groups in total. The number of para-hydroxylation sites is 3. The average Bonchev–Trinajstić information content (AvgIpc) is 3.03. The molecule has 25 heavy (non-hydrogen) atoms. The molecule has 126 valence electrons. The van der Waals surface area contributed by atoms with E-state index in [1.165, 1.54) is 12.0 Å². The van der Waals surface area contributed by atoms with Gasteiger partial charge in [-0.05, 0) is 24.3 Å². The number of hydrogen-bond donors (Lipinski definition) is 1. The highest BCUT2D eigenvalue weighted by molar-refractivity contribution is 6.04. The van der Waals surface area contributed by atoms with Crippen LogP contribution < -0.4 is 15.0 Å². The second kappa shape index (κ2) is 7.05. The first kappa shape index (κ1) is 16.5. The summed E-state index contributed by atoms with van der Waals surface area (Å²) in [6.45, 7) is 0.249. The van der Waals surface area contributed by atoms with Crippen molar-refractivity contribution < 1.29 is 14.3 Å². The Bertz CT molecular complexity index is 857. The molecule has 6 nitrogen and oxygen atoms in total. The zero-order valence-electron chi connectivity index (χ0n) is 13.7. The lowest BCUT2D eigenvalue weighted by Crippen LogP contribution is -2.28. The van der Waals surface area contributed by atoms with Gasteiger partial charge in [-0.3, -0.25) is 9.59 Å². The summed E-state index contributed by atoms with van der Waals surface area (Å²) in [5, 5.41) is 12.0. The summed E-state index contributed by atoms with van der Waals surface area (Å²) in [5.74, 6) is -0.325. The van der Waals surface area contributed by atoms with E-state index in [0.717, 1.165) is 0 Å². The van der Waals surface area contributed by atoms with Crippen LogP contribution in [-0.4, -0.2) is 25.5 Å². The Morgan fingerprint density at radius 2 is 1.96 bits per heavy atom. The Morgan fingerprint density at radius 1 is 1.24 bits per heavy atom. The van der Waals surface area contributed by atoms with Crippen molar-refractivity contribution in [3.05, 3.63) is 54.1 Å². The number of amides is 2. The number of rotatable bonds is 4. The minimum absolute atomic E-state index is 0.112. The van der Waals surface area contributed by atoms with Crippen LogP contribution in [0.3, 0.4) is 0 Å². The van der Waals surface area contributed by atoms with Crippen LogP contribution in [0.25, 0.3) is 0 Å². The molecule has 0 bridgehead atoms. The van der Waals surface area contributed by atoms with Gasteiger partial charge in [0.2, 0.25) is 11.8 Å². The van der Waals surface area contributed by atoms with Gasteiger partial charge in [0.1, 0.15) is 11.8 Å². The number of hydrogen-bond acceptors (Lipinski definition) is 4. The van der Waals surface area contributed by atoms with E-state index >= 15 is 0 Å². The minimum atomic E-state index is -0.482. The minimum Gasteiger partial charge on any atom is -0.495 e. The van der Waals surface area contributed by atoms with Crippen LogP contribution >= 0.6 is 0 Å². The summed E-state index contributed by atoms with van der Waals surface area (Å²) < 4.78 is 5.22. The molecule has 3 rings (SSSR count). The predicted octanol–water partition coefficient (Wildman–Crippen LogP) is 2.56. The first-order valence-corrected chi connectivity index (χ1v) is 7.87. The Kier molecular flexibility index (Phi) is 4.66. The number of nitrogens with one attached hydrogen (secondary N) is 1. The fourth-order valence-corrected chi connectivity index (χ4v) is 2.90. The average molecular weight is 335 g/mol. The van der Waals surface area contributed by atoms with Crippen molar-refractivity contribution in [2.45, 2.75) is 6.42 Å². The maximum atomic E-state index is 12.5. The first-order chi connectivity index (χ1) is 12.1. The summed E-state index contributed by atoms with van der Waals surface area (Å²) in [7, 11) is 1.53. The van der Waals surface area contributed by atoms with E-state index in [1.54, 1.807) is 42.5 Å². The highest BCUT2D eigenvalue weighted by Gasteiger charge is 2.36. The third-order valence-electron chi connectivity index (χ3n) is 4.18. The molecule has 1 heterocycles. The smallest absolute Gasteiger partial charge is 0.229 e. The van der Waals surface area contributed by atoms with Crippen LogP contribution in [-0.2, 0) is 9.59 Å². The summed E-state index contributed by atoms with van der Waals surface area (Å²) >= 11 is 0. The topological polar surface area (TPSA) is 82.4 Å². The van der Waals surface area contributed by atoms with Crippen LogP contribution in [0.15, 0.2) is 48.5 Å². The number of nitrogens with zero attached hydrogens (tertiary/aromatic N) is 2. The van der Waals surface area contributed by atoms with Crippen molar-refractivity contribution in [2.24, 2.45) is 5.92 Å². The Labute approximate surface area is 145 Å². The second-order valence-corrected chi connectivity index (χ2v) is 5.72. The lowest BCUT2D eigenvalue weighted by atomic mass is 10.1. The van der Waals surface area contributed by atoms with E-state index in [0.29, 0.717) is 22.7 Å². The van der Waals surface area contributed by atoms with Crippen molar-refractivity contribution in [3.8, 4) is 11.8 Å². The van der Waals surface area contributed by atoms with Crippen LogP contribution in [0.1, 0.15) is 12.0 Å². The summed E-state index contributed by atoms with van der Waals surface area (Å²) in [5.41, 5.74) is 1.53. The molecule has 0 aromatic heterocycles. The van der Waals surface area contributed by atoms with E-state index in [-0.39, 0.29) is 24.8 Å². The molecule has 1 saturated heterocycles. The number of carbonyl (C=O) groups is 2. The summed E-state index contributed by atoms with van der Waals surface area (Å²) in [6, 6.07) is 16.1. The van der Waals surface area contributed by atoms with Crippen molar-refractivity contribution in [1.82, 2.24) is 0 Å². The Morgan fingerprint density at radius 3 is 2.72 bits per heavy atom. The Hall–Kier alpha value is -3.33. The predicted molar refractivity (Wildman–Crippen MR) is 93.2 cm³/mol. The molecule has 1 atom stereocenters. The van der Waals surface area contributed by atoms with Crippen molar-refractivity contribution in [2.75, 3.05) is 23.9 Å². The fraction of sp³-hybridized carbons (Fsp3) is 0.211. The quantitative estimate of drug-likeness (QED) is 0.931. The molecular formula is C19H17N3O3. The zero-order chi connectivity index (χ0) is 17.8. The van der Waals surface area contributed by atoms with Crippen LogP contribution in [0, 0.1) is 17.2 Å². The molecule has 2 amide bonds. The highest BCUT2D eigenvalue weighted by Crippen LogP contribution is 2.29. The lowest BCUT2D eigenvalue weighted by Gasteiger charge is -2.18. The monoisotopic (exact) mass is 335 g/mol. The molecule has 1 fully saturated rings. The lowest BCUT2D eigenvalue weighted by molar-refractivity contribution is -0.122. The molecule has 0 radical (unpaired) electrons. The molecule has 6 heteroatoms. The molecule has 0 aliphatic carbocycles. The summed E-state index contributed by atoms with van der Waals surface area (Å²) in [4.78, 5) is 26.4. The van der Waals surface area contributed by atoms with Gasteiger partial charge in [-0.1, -0.05) is 24.3 Å². The van der Waals surface area contributed by atoms with Gasteiger partial charge in [0.15, 0.2) is 0 Å². The highest BCUT2D eigenvalue weighted by atomic mass is 16.5. The van der Waals surface area contributed by atoms with E-state index in [9.17, 15) is 14.9 Å². The van der Waals surface area contributed by atoms with E-state index in [1.807, 2.05) is 6.07 Å². The van der Waals surface area contributed by atoms with E-state index in [4.69, 9.17) is 4.74 Å². The largest absolute Gasteiger partial charge is 0.495 e. The van der Waals surface area contributed by atoms with Gasteiger partial charge < -0.3 is 15.0 Å². The Balaban J connectivity index is 1.76. The van der Waals surface area contributed by atoms with Gasteiger partial charge in [0, 0.05) is 13.0 Å². The van der Waals surface area contributed by atoms with Crippen LogP contribution in [0.4, 0.5) is 11.4 Å². The maximum absolute atomic E-state index is 12.5. The van der Waals surface area contributed by atoms with Gasteiger partial charge in [-0.15, -0.1) is 0 Å². The molecule has 2 aromatic rings. The SMILES string of the molecule is COc1ccccc1NC(=O)C1CC(=O)N(c2ccccc2C#N)C1. The van der Waals surface area contributed by atoms with Crippen molar-refractivity contribution in [1.29, 1.82) is 5.26 Å². The first-order valence-electron chi connectivity index (χ1n) is 7.87. The van der Waals surface area contributed by atoms with Gasteiger partial charge in [0.05, 0.1) is 30.0 Å². The molecular weight excluding hydrogens is 318 g/mol. The molecule has 2 aromatic carbocycles.